The van der Waals surface area contributed by atoms with E-state index in [1.807, 2.05) is 30.8 Å². The van der Waals surface area contributed by atoms with Crippen LogP contribution in [-0.4, -0.2) is 100 Å². The Morgan fingerprint density at radius 1 is 0.812 bits per heavy atom. The molecule has 0 aliphatic carbocycles. The minimum absolute atomic E-state index is 0.0625. The molecule has 2 unspecified atom stereocenters. The molecule has 4 aliphatic rings. The average molecular weight is 963 g/mol. The molecule has 3 aromatic rings. The van der Waals surface area contributed by atoms with Crippen LogP contribution in [0.25, 0.3) is 39.3 Å². The number of urea groups is 1. The van der Waals surface area contributed by atoms with E-state index >= 15 is 0 Å². The maximum Gasteiger partial charge on any atom is 0.315 e. The molecule has 7 rings (SSSR count). The van der Waals surface area contributed by atoms with Gasteiger partial charge >= 0.3 is 18.0 Å². The first-order chi connectivity index (χ1) is 33.3. The third-order valence-corrected chi connectivity index (χ3v) is 15.9. The number of hydrogen-bond acceptors (Lipinski definition) is 10. The highest BCUT2D eigenvalue weighted by Crippen LogP contribution is 2.45. The van der Waals surface area contributed by atoms with Crippen LogP contribution in [0.5, 0.6) is 0 Å². The van der Waals surface area contributed by atoms with Gasteiger partial charge in [-0.15, -0.1) is 0 Å². The quantitative estimate of drug-likeness (QED) is 0.0339. The van der Waals surface area contributed by atoms with Crippen LogP contribution in [0.4, 0.5) is 4.79 Å². The van der Waals surface area contributed by atoms with Crippen LogP contribution in [0.2, 0.25) is 0 Å². The van der Waals surface area contributed by atoms with Crippen LogP contribution in [0.1, 0.15) is 165 Å². The predicted octanol–water partition coefficient (Wildman–Crippen LogP) is 8.99. The summed E-state index contributed by atoms with van der Waals surface area (Å²) < 4.78 is 10.4. The van der Waals surface area contributed by atoms with E-state index in [-0.39, 0.29) is 60.6 Å². The van der Waals surface area contributed by atoms with Crippen molar-refractivity contribution in [2.75, 3.05) is 33.1 Å². The topological polar surface area (TPSA) is 209 Å². The van der Waals surface area contributed by atoms with Gasteiger partial charge in [-0.2, -0.15) is 11.8 Å². The highest BCUT2D eigenvalue weighted by Gasteiger charge is 2.42. The van der Waals surface area contributed by atoms with E-state index < -0.39 is 5.97 Å². The van der Waals surface area contributed by atoms with Crippen LogP contribution in [0.15, 0.2) is 24.8 Å². The zero-order valence-corrected chi connectivity index (χ0v) is 42.2. The number of rotatable bonds is 21. The predicted molar refractivity (Wildman–Crippen MR) is 274 cm³/mol. The molecule has 370 valence electrons. The number of methoxy groups -OCH3 is 2. The molecular formula is C53H70N8O7S. The number of esters is 2. The number of carbonyl (C=O) groups excluding carboxylic acids is 5. The van der Waals surface area contributed by atoms with Gasteiger partial charge in [-0.05, 0) is 106 Å². The normalized spacial score (nSPS) is 19.5. The Balaban J connectivity index is 1.14. The molecule has 7 heterocycles. The van der Waals surface area contributed by atoms with Crippen molar-refractivity contribution in [2.45, 2.75) is 147 Å². The number of unbranched alkanes of at least 4 members (excludes halogenated alkanes) is 4. The Labute approximate surface area is 409 Å². The number of aromatic amines is 2. The number of H-pyrrole nitrogens is 2. The van der Waals surface area contributed by atoms with Gasteiger partial charge in [-0.25, -0.2) is 9.78 Å². The van der Waals surface area contributed by atoms with E-state index in [1.165, 1.54) is 14.2 Å². The Morgan fingerprint density at radius 3 is 2.25 bits per heavy atom. The monoisotopic (exact) mass is 963 g/mol. The Hall–Kier alpha value is -5.90. The summed E-state index contributed by atoms with van der Waals surface area (Å²) in [5, 5.41) is 12.6. The maximum atomic E-state index is 14.6. The van der Waals surface area contributed by atoms with E-state index in [4.69, 9.17) is 19.4 Å². The fraction of sp³-hybridized carbons (Fsp3) is 0.528. The van der Waals surface area contributed by atoms with Crippen LogP contribution < -0.4 is 21.3 Å². The maximum absolute atomic E-state index is 14.6. The van der Waals surface area contributed by atoms with Crippen molar-refractivity contribution in [1.29, 1.82) is 0 Å². The molecule has 6 N–H and O–H groups in total. The van der Waals surface area contributed by atoms with E-state index in [9.17, 15) is 24.0 Å². The second kappa shape index (κ2) is 23.1. The number of thioether (sulfide) groups is 1. The van der Waals surface area contributed by atoms with Gasteiger partial charge in [0.25, 0.3) is 5.91 Å². The lowest BCUT2D eigenvalue weighted by Gasteiger charge is -2.20. The van der Waals surface area contributed by atoms with Gasteiger partial charge in [0.1, 0.15) is 0 Å². The van der Waals surface area contributed by atoms with Crippen molar-refractivity contribution in [3.05, 3.63) is 75.4 Å². The Kier molecular flexibility index (Phi) is 17.1. The average Bonchev–Trinajstić information content (AvgIpc) is 4.17. The number of hydrogen-bond donors (Lipinski definition) is 6. The highest BCUT2D eigenvalue weighted by atomic mass is 32.2. The SMILES string of the molecule is C=Cc1c(C)c2cc3nc(c(CC(=O)OC)c4[nH]c(cc5nc(cc1[nH]2)C(C)=C5CC)c(C)c4C(=O)NCCCCCCNC(=O)CCCC[C@@H]1SCC2NC(=O)NC21)[C@@H](CCC(=O)OC)[C@@H]3CC. The highest BCUT2D eigenvalue weighted by molar-refractivity contribution is 8.00. The molecule has 69 heavy (non-hydrogen) atoms. The lowest BCUT2D eigenvalue weighted by molar-refractivity contribution is -0.141. The Bertz CT molecular complexity index is 2670. The number of carbonyl (C=O) groups is 5. The molecule has 16 heteroatoms. The second-order valence-electron chi connectivity index (χ2n) is 18.7. The third kappa shape index (κ3) is 11.4. The summed E-state index contributed by atoms with van der Waals surface area (Å²) in [6.45, 7) is 15.4. The number of nitrogens with zero attached hydrogens (tertiary/aromatic N) is 2. The zero-order chi connectivity index (χ0) is 49.4. The summed E-state index contributed by atoms with van der Waals surface area (Å²) in [7, 11) is 2.73. The van der Waals surface area contributed by atoms with Crippen molar-refractivity contribution in [2.24, 2.45) is 0 Å². The largest absolute Gasteiger partial charge is 0.469 e. The summed E-state index contributed by atoms with van der Waals surface area (Å²) in [6.07, 6.45) is 10.3. The third-order valence-electron chi connectivity index (χ3n) is 14.4. The summed E-state index contributed by atoms with van der Waals surface area (Å²) in [5.41, 5.74) is 11.7. The number of amides is 4. The lowest BCUT2D eigenvalue weighted by Crippen LogP contribution is -2.36. The van der Waals surface area contributed by atoms with Crippen LogP contribution in [0, 0.1) is 13.8 Å². The number of nitrogens with one attached hydrogen (secondary N) is 6. The fourth-order valence-electron chi connectivity index (χ4n) is 10.5. The van der Waals surface area contributed by atoms with Gasteiger partial charge in [0.2, 0.25) is 5.91 Å². The molecule has 0 aromatic carbocycles. The molecule has 2 saturated heterocycles. The summed E-state index contributed by atoms with van der Waals surface area (Å²) in [6, 6.07) is 6.45. The second-order valence-corrected chi connectivity index (χ2v) is 19.9. The van der Waals surface area contributed by atoms with E-state index in [1.54, 1.807) is 0 Å². The molecular weight excluding hydrogens is 893 g/mol. The summed E-state index contributed by atoms with van der Waals surface area (Å²) >= 11 is 1.90. The van der Waals surface area contributed by atoms with Crippen LogP contribution in [-0.2, 0) is 30.3 Å². The van der Waals surface area contributed by atoms with Crippen molar-refractivity contribution >= 4 is 80.8 Å². The number of ether oxygens (including phenoxy) is 2. The molecule has 8 bridgehead atoms. The molecule has 4 amide bonds. The number of fused-ring (bicyclic) bond motifs is 9. The first-order valence-corrected chi connectivity index (χ1v) is 25.8. The molecule has 4 aliphatic heterocycles. The first kappa shape index (κ1) is 51.0. The van der Waals surface area contributed by atoms with E-state index in [2.05, 4.69) is 77.6 Å². The molecule has 2 fully saturated rings. The minimum atomic E-state index is -0.488. The lowest BCUT2D eigenvalue weighted by atomic mass is 9.82. The molecule has 3 aromatic heterocycles. The van der Waals surface area contributed by atoms with E-state index in [0.29, 0.717) is 71.0 Å². The number of aryl methyl sites for hydroxylation is 2. The zero-order valence-electron chi connectivity index (χ0n) is 41.4. The summed E-state index contributed by atoms with van der Waals surface area (Å²) in [5.74, 6) is -0.517. The number of aromatic nitrogens is 4. The van der Waals surface area contributed by atoms with Gasteiger partial charge in [0.05, 0.1) is 60.9 Å². The van der Waals surface area contributed by atoms with Crippen molar-refractivity contribution < 1.29 is 33.4 Å². The van der Waals surface area contributed by atoms with Crippen LogP contribution >= 0.6 is 11.8 Å². The van der Waals surface area contributed by atoms with Crippen molar-refractivity contribution in [1.82, 2.24) is 41.2 Å². The van der Waals surface area contributed by atoms with Crippen molar-refractivity contribution in [3.8, 4) is 0 Å². The smallest absolute Gasteiger partial charge is 0.315 e. The minimum Gasteiger partial charge on any atom is -0.469 e. The molecule has 5 atom stereocenters. The summed E-state index contributed by atoms with van der Waals surface area (Å²) in [4.78, 5) is 82.8. The van der Waals surface area contributed by atoms with E-state index in [0.717, 1.165) is 108 Å². The molecule has 15 nitrogen and oxygen atoms in total. The van der Waals surface area contributed by atoms with Gasteiger partial charge in [-0.1, -0.05) is 45.8 Å². The molecule has 0 saturated carbocycles. The van der Waals surface area contributed by atoms with Gasteiger partial charge in [0, 0.05) is 82.1 Å². The standard InChI is InChI=1S/C53H70N8O7S/c1-9-32-30(5)38-26-42-34(11-3)35(20-21-46(63)67-7)49(59-42)36(24-47(64)68-8)50-48(31(6)39(58-50)27-41-33(10-2)29(4)37(56-41)25-40(32)57-38)52(65)55-23-17-13-12-16-22-54-45(62)19-15-14-18-44-51-43(28-69-44)60-53(66)61-51/h9,25-27,34-35,43-44,51,57-58H,1,10-24,28H2,2-8H3,(H,54,62)(H,55,65)(H2,60,61,66)/t34-,35-,43?,44-,51?/m0/s1. The fourth-order valence-corrected chi connectivity index (χ4v) is 12.1. The molecule has 0 radical (unpaired) electrons. The van der Waals surface area contributed by atoms with Crippen LogP contribution in [0.3, 0.4) is 0 Å². The number of allylic oxidation sites excluding steroid dienone is 2. The molecule has 0 spiro atoms. The van der Waals surface area contributed by atoms with Crippen molar-refractivity contribution in [3.63, 3.8) is 0 Å². The van der Waals surface area contributed by atoms with Gasteiger partial charge < -0.3 is 40.7 Å². The first-order valence-electron chi connectivity index (χ1n) is 24.8. The Morgan fingerprint density at radius 2 is 1.54 bits per heavy atom. The van der Waals surface area contributed by atoms with Gasteiger partial charge in [0.15, 0.2) is 0 Å². The van der Waals surface area contributed by atoms with Gasteiger partial charge in [-0.3, -0.25) is 24.2 Å².